The molecule has 0 amide bonds. The summed E-state index contributed by atoms with van der Waals surface area (Å²) in [5.41, 5.74) is -0.728. The van der Waals surface area contributed by atoms with Crippen molar-refractivity contribution in [3.8, 4) is 0 Å². The molecule has 0 spiro atoms. The van der Waals surface area contributed by atoms with Gasteiger partial charge in [-0.2, -0.15) is 0 Å². The fourth-order valence-electron chi connectivity index (χ4n) is 0.723. The van der Waals surface area contributed by atoms with Crippen molar-refractivity contribution in [3.05, 3.63) is 0 Å². The van der Waals surface area contributed by atoms with Crippen molar-refractivity contribution < 1.29 is 48.4 Å². The van der Waals surface area contributed by atoms with E-state index in [-0.39, 0.29) is 38.1 Å². The number of hydrogen-bond acceptors (Lipinski definition) is 5. The molecule has 5 N–H and O–H groups in total. The fraction of sp³-hybridized carbons (Fsp3) is 1.00. The van der Waals surface area contributed by atoms with E-state index in [0.717, 1.165) is 0 Å². The topological polar surface area (TPSA) is 130 Å². The van der Waals surface area contributed by atoms with Crippen LogP contribution in [0.15, 0.2) is 0 Å². The maximum Gasteiger partial charge on any atom is 0.0616 e. The van der Waals surface area contributed by atoms with E-state index in [9.17, 15) is 0 Å². The summed E-state index contributed by atoms with van der Waals surface area (Å²) in [6, 6.07) is 0. The molecule has 5 nitrogen and oxygen atoms in total. The molecule has 0 aliphatic heterocycles. The van der Waals surface area contributed by atoms with E-state index in [1.54, 1.807) is 20.8 Å². The zero-order valence-electron chi connectivity index (χ0n) is 7.52. The van der Waals surface area contributed by atoms with Gasteiger partial charge in [0.25, 0.3) is 0 Å². The van der Waals surface area contributed by atoms with E-state index in [4.69, 9.17) is 10.2 Å². The Morgan fingerprint density at radius 3 is 1.42 bits per heavy atom. The average molecular weight is 217 g/mol. The van der Waals surface area contributed by atoms with Crippen LogP contribution in [0.2, 0.25) is 0 Å². The fourth-order valence-corrected chi connectivity index (χ4v) is 0.723. The first-order chi connectivity index (χ1) is 3.42. The van der Waals surface area contributed by atoms with Crippen LogP contribution < -0.4 is 0 Å². The Labute approximate surface area is 87.6 Å². The van der Waals surface area contributed by atoms with Gasteiger partial charge in [-0.25, -0.2) is 0 Å². The average Bonchev–Trinajstić information content (AvgIpc) is 1.21. The van der Waals surface area contributed by atoms with Crippen LogP contribution in [0.4, 0.5) is 0 Å². The third kappa shape index (κ3) is 31.3. The van der Waals surface area contributed by atoms with Crippen molar-refractivity contribution >= 4 is 0 Å². The molecule has 6 heteroatoms. The minimum absolute atomic E-state index is 0. The standard InChI is InChI=1S/C6H14O2.3H2O.Ti/c1-5(7)4-6(2,3)8;;;;/h5,7-8H,4H2,1-3H3;3*1H2;/p-3. The predicted molar refractivity (Wildman–Crippen MR) is 38.4 cm³/mol. The molecule has 0 saturated heterocycles. The van der Waals surface area contributed by atoms with E-state index in [0.29, 0.717) is 6.42 Å². The van der Waals surface area contributed by atoms with Crippen LogP contribution in [-0.4, -0.2) is 38.3 Å². The maximum absolute atomic E-state index is 9.03. The van der Waals surface area contributed by atoms with Crippen LogP contribution in [-0.2, 0) is 21.7 Å². The Hall–Kier alpha value is 0.514. The smallest absolute Gasteiger partial charge is 0.0616 e. The molecule has 12 heavy (non-hydrogen) atoms. The van der Waals surface area contributed by atoms with Gasteiger partial charge in [0, 0.05) is 28.1 Å². The molecule has 0 bridgehead atoms. The van der Waals surface area contributed by atoms with Gasteiger partial charge in [0.05, 0.1) is 11.7 Å². The van der Waals surface area contributed by atoms with E-state index in [2.05, 4.69) is 0 Å². The van der Waals surface area contributed by atoms with Crippen molar-refractivity contribution in [1.82, 2.24) is 0 Å². The second kappa shape index (κ2) is 11.5. The minimum Gasteiger partial charge on any atom is -0.870 e. The Morgan fingerprint density at radius 2 is 1.42 bits per heavy atom. The molecular formula is C6H17O5Ti-3. The van der Waals surface area contributed by atoms with Crippen LogP contribution in [0, 0.1) is 0 Å². The van der Waals surface area contributed by atoms with Crippen molar-refractivity contribution in [2.75, 3.05) is 0 Å². The molecule has 0 aromatic rings. The molecular weight excluding hydrogens is 200 g/mol. The quantitative estimate of drug-likeness (QED) is 0.628. The Balaban J connectivity index is -0.0000000408. The van der Waals surface area contributed by atoms with Gasteiger partial charge in [-0.3, -0.25) is 0 Å². The largest absolute Gasteiger partial charge is 0.870 e. The van der Waals surface area contributed by atoms with Crippen LogP contribution in [0.3, 0.4) is 0 Å². The van der Waals surface area contributed by atoms with Gasteiger partial charge in [-0.05, 0) is 20.8 Å². The first-order valence-electron chi connectivity index (χ1n) is 2.82. The zero-order valence-corrected chi connectivity index (χ0v) is 9.08. The first-order valence-corrected chi connectivity index (χ1v) is 2.82. The Morgan fingerprint density at radius 1 is 1.17 bits per heavy atom. The summed E-state index contributed by atoms with van der Waals surface area (Å²) in [5, 5.41) is 17.8. The maximum atomic E-state index is 9.03. The molecule has 0 rings (SSSR count). The van der Waals surface area contributed by atoms with Crippen molar-refractivity contribution in [1.29, 1.82) is 0 Å². The summed E-state index contributed by atoms with van der Waals surface area (Å²) in [6.07, 6.45) is 0.0301. The second-order valence-corrected chi connectivity index (χ2v) is 2.87. The summed E-state index contributed by atoms with van der Waals surface area (Å²) >= 11 is 0. The molecule has 0 fully saturated rings. The Kier molecular flexibility index (Phi) is 28.2. The number of hydrogen-bond donors (Lipinski definition) is 2. The number of aliphatic hydroxyl groups excluding tert-OH is 1. The summed E-state index contributed by atoms with van der Waals surface area (Å²) < 4.78 is 0. The minimum atomic E-state index is -0.728. The zero-order chi connectivity index (χ0) is 6.78. The van der Waals surface area contributed by atoms with Gasteiger partial charge in [-0.1, -0.05) is 0 Å². The second-order valence-electron chi connectivity index (χ2n) is 2.87. The summed E-state index contributed by atoms with van der Waals surface area (Å²) in [7, 11) is 0. The van der Waals surface area contributed by atoms with Gasteiger partial charge in [0.1, 0.15) is 0 Å². The van der Waals surface area contributed by atoms with E-state index < -0.39 is 11.7 Å². The molecule has 1 unspecified atom stereocenters. The summed E-state index contributed by atoms with van der Waals surface area (Å²) in [5.74, 6) is 0. The van der Waals surface area contributed by atoms with Gasteiger partial charge in [0.15, 0.2) is 0 Å². The summed E-state index contributed by atoms with van der Waals surface area (Å²) in [4.78, 5) is 0. The van der Waals surface area contributed by atoms with Gasteiger partial charge >= 0.3 is 0 Å². The molecule has 0 aromatic carbocycles. The van der Waals surface area contributed by atoms with Crippen molar-refractivity contribution in [3.63, 3.8) is 0 Å². The van der Waals surface area contributed by atoms with Crippen LogP contribution in [0.25, 0.3) is 0 Å². The third-order valence-electron chi connectivity index (χ3n) is 0.795. The molecule has 0 aliphatic rings. The molecule has 0 radical (unpaired) electrons. The molecule has 0 aliphatic carbocycles. The van der Waals surface area contributed by atoms with Crippen LogP contribution in [0.5, 0.6) is 0 Å². The summed E-state index contributed by atoms with van der Waals surface area (Å²) in [6.45, 7) is 5.03. The van der Waals surface area contributed by atoms with E-state index in [1.807, 2.05) is 0 Å². The molecule has 0 aromatic heterocycles. The van der Waals surface area contributed by atoms with E-state index >= 15 is 0 Å². The predicted octanol–water partition coefficient (Wildman–Crippen LogP) is -0.00470. The van der Waals surface area contributed by atoms with Crippen molar-refractivity contribution in [2.45, 2.75) is 38.9 Å². The molecule has 0 heterocycles. The van der Waals surface area contributed by atoms with Crippen molar-refractivity contribution in [2.24, 2.45) is 0 Å². The van der Waals surface area contributed by atoms with Gasteiger partial charge < -0.3 is 26.6 Å². The molecule has 78 valence electrons. The van der Waals surface area contributed by atoms with Crippen LogP contribution >= 0.6 is 0 Å². The van der Waals surface area contributed by atoms with Gasteiger partial charge in [-0.15, -0.1) is 0 Å². The Bertz CT molecular complexity index is 70.8. The third-order valence-corrected chi connectivity index (χ3v) is 0.795. The van der Waals surface area contributed by atoms with Gasteiger partial charge in [0.2, 0.25) is 0 Å². The van der Waals surface area contributed by atoms with E-state index in [1.165, 1.54) is 0 Å². The number of aliphatic hydroxyl groups is 2. The molecule has 1 atom stereocenters. The normalized spacial score (nSPS) is 10.8. The number of rotatable bonds is 2. The molecule has 0 saturated carbocycles. The van der Waals surface area contributed by atoms with Crippen LogP contribution in [0.1, 0.15) is 27.2 Å². The SMILES string of the molecule is CC(O)CC(C)(C)O.[OH-].[OH-].[OH-].[Ti]. The monoisotopic (exact) mass is 217 g/mol. The first kappa shape index (κ1) is 29.4.